The normalized spacial score (nSPS) is 14.0. The molecule has 0 atom stereocenters. The van der Waals surface area contributed by atoms with Crippen LogP contribution in [0.5, 0.6) is 0 Å². The van der Waals surface area contributed by atoms with Crippen LogP contribution in [0.2, 0.25) is 0 Å². The average Bonchev–Trinajstić information content (AvgIpc) is 3.08. The van der Waals surface area contributed by atoms with E-state index in [4.69, 9.17) is 14.5 Å². The Hall–Kier alpha value is -4.23. The van der Waals surface area contributed by atoms with Gasteiger partial charge in [0, 0.05) is 23.4 Å². The predicted octanol–water partition coefficient (Wildman–Crippen LogP) is 5.05. The Kier molecular flexibility index (Phi) is 6.64. The second-order valence-electron chi connectivity index (χ2n) is 11.0. The van der Waals surface area contributed by atoms with Crippen molar-refractivity contribution in [3.05, 3.63) is 59.2 Å². The first-order chi connectivity index (χ1) is 18.4. The lowest BCUT2D eigenvalue weighted by Gasteiger charge is -2.26. The molecule has 1 amide bonds. The Balaban J connectivity index is 1.58. The molecule has 2 aromatic carbocycles. The number of halogens is 1. The quantitative estimate of drug-likeness (QED) is 0.363. The summed E-state index contributed by atoms with van der Waals surface area (Å²) in [6.45, 7) is 12.0. The lowest BCUT2D eigenvalue weighted by atomic mass is 10.0. The van der Waals surface area contributed by atoms with E-state index in [1.165, 1.54) is 6.07 Å². The summed E-state index contributed by atoms with van der Waals surface area (Å²) in [5, 5.41) is 11.5. The van der Waals surface area contributed by atoms with Crippen LogP contribution in [0.4, 0.5) is 20.7 Å². The molecule has 4 aromatic rings. The van der Waals surface area contributed by atoms with Crippen molar-refractivity contribution in [1.29, 1.82) is 0 Å². The number of rotatable bonds is 2. The number of fused-ring (bicyclic) bond motifs is 4. The van der Waals surface area contributed by atoms with Gasteiger partial charge in [-0.15, -0.1) is 10.2 Å². The van der Waals surface area contributed by atoms with Gasteiger partial charge in [0.15, 0.2) is 0 Å². The fourth-order valence-electron chi connectivity index (χ4n) is 4.55. The van der Waals surface area contributed by atoms with Crippen LogP contribution in [0.1, 0.15) is 51.6 Å². The predicted molar refractivity (Wildman–Crippen MR) is 146 cm³/mol. The van der Waals surface area contributed by atoms with Crippen LogP contribution < -0.4 is 10.2 Å². The van der Waals surface area contributed by atoms with Gasteiger partial charge in [0.25, 0.3) is 5.78 Å². The summed E-state index contributed by atoms with van der Waals surface area (Å²) in [6, 6.07) is 10.7. The van der Waals surface area contributed by atoms with Crippen molar-refractivity contribution in [1.82, 2.24) is 24.9 Å². The molecule has 0 radical (unpaired) electrons. The van der Waals surface area contributed by atoms with Crippen LogP contribution in [0.25, 0.3) is 16.7 Å². The zero-order valence-electron chi connectivity index (χ0n) is 22.9. The molecule has 0 spiro atoms. The molecule has 0 fully saturated rings. The number of carbonyl (C=O) groups excluding carboxylic acids is 1. The van der Waals surface area contributed by atoms with Crippen molar-refractivity contribution in [2.75, 3.05) is 18.1 Å². The summed E-state index contributed by atoms with van der Waals surface area (Å²) in [5.74, 6) is 7.43. The zero-order chi connectivity index (χ0) is 27.9. The van der Waals surface area contributed by atoms with E-state index in [1.807, 2.05) is 70.7 Å². The van der Waals surface area contributed by atoms with Gasteiger partial charge in [0.2, 0.25) is 0 Å². The minimum Gasteiger partial charge on any atom is -0.444 e. The van der Waals surface area contributed by atoms with Gasteiger partial charge in [-0.05, 0) is 65.8 Å². The van der Waals surface area contributed by atoms with Crippen LogP contribution in [-0.2, 0) is 16.1 Å². The SMILES string of the molecule is Cc1nnc2nc(N3CCOCc4c(C#CC(C)(C)NC(=O)OC(C)(C)C)cccc43)c3c(F)cccc3n12. The summed E-state index contributed by atoms with van der Waals surface area (Å²) in [6.07, 6.45) is -0.540. The van der Waals surface area contributed by atoms with Gasteiger partial charge >= 0.3 is 6.09 Å². The highest BCUT2D eigenvalue weighted by atomic mass is 19.1. The molecule has 1 N–H and O–H groups in total. The summed E-state index contributed by atoms with van der Waals surface area (Å²) in [7, 11) is 0. The summed E-state index contributed by atoms with van der Waals surface area (Å²) in [4.78, 5) is 19.0. The molecule has 10 heteroatoms. The van der Waals surface area contributed by atoms with Crippen molar-refractivity contribution in [2.24, 2.45) is 0 Å². The molecular weight excluding hydrogens is 499 g/mol. The number of alkyl carbamates (subject to hydrolysis) is 1. The van der Waals surface area contributed by atoms with Gasteiger partial charge < -0.3 is 19.7 Å². The Morgan fingerprint density at radius 2 is 1.90 bits per heavy atom. The molecule has 3 heterocycles. The van der Waals surface area contributed by atoms with E-state index in [0.717, 1.165) is 16.8 Å². The highest BCUT2D eigenvalue weighted by Gasteiger charge is 2.26. The molecule has 0 unspecified atom stereocenters. The third kappa shape index (κ3) is 5.36. The Bertz CT molecular complexity index is 1640. The first kappa shape index (κ1) is 26.4. The number of ether oxygens (including phenoxy) is 2. The van der Waals surface area contributed by atoms with Gasteiger partial charge in [-0.2, -0.15) is 4.98 Å². The number of amides is 1. The molecule has 2 aromatic heterocycles. The van der Waals surface area contributed by atoms with E-state index in [9.17, 15) is 4.79 Å². The van der Waals surface area contributed by atoms with Crippen molar-refractivity contribution < 1.29 is 18.7 Å². The summed E-state index contributed by atoms with van der Waals surface area (Å²) < 4.78 is 28.4. The smallest absolute Gasteiger partial charge is 0.408 e. The van der Waals surface area contributed by atoms with Gasteiger partial charge in [-0.1, -0.05) is 24.0 Å². The molecule has 0 saturated carbocycles. The summed E-state index contributed by atoms with van der Waals surface area (Å²) in [5.41, 5.74) is 1.57. The second kappa shape index (κ2) is 9.82. The van der Waals surface area contributed by atoms with Crippen LogP contribution in [0.3, 0.4) is 0 Å². The molecule has 39 heavy (non-hydrogen) atoms. The van der Waals surface area contributed by atoms with Crippen molar-refractivity contribution >= 4 is 34.3 Å². The first-order valence-electron chi connectivity index (χ1n) is 12.7. The van der Waals surface area contributed by atoms with E-state index < -0.39 is 17.2 Å². The van der Waals surface area contributed by atoms with Gasteiger partial charge in [0.1, 0.15) is 23.1 Å². The highest BCUT2D eigenvalue weighted by Crippen LogP contribution is 2.37. The Labute approximate surface area is 226 Å². The number of anilines is 2. The van der Waals surface area contributed by atoms with Crippen LogP contribution in [0, 0.1) is 24.6 Å². The average molecular weight is 531 g/mol. The maximum atomic E-state index is 15.4. The maximum absolute atomic E-state index is 15.4. The first-order valence-corrected chi connectivity index (χ1v) is 12.7. The van der Waals surface area contributed by atoms with E-state index in [1.54, 1.807) is 10.5 Å². The molecule has 1 aliphatic rings. The third-order valence-corrected chi connectivity index (χ3v) is 6.20. The van der Waals surface area contributed by atoms with Crippen LogP contribution in [0.15, 0.2) is 36.4 Å². The Morgan fingerprint density at radius 1 is 1.13 bits per heavy atom. The van der Waals surface area contributed by atoms with Crippen LogP contribution in [-0.4, -0.2) is 50.0 Å². The zero-order valence-corrected chi connectivity index (χ0v) is 22.9. The fourth-order valence-corrected chi connectivity index (χ4v) is 4.55. The number of aryl methyl sites for hydroxylation is 1. The molecule has 9 nitrogen and oxygen atoms in total. The number of nitrogens with one attached hydrogen (secondary N) is 1. The van der Waals surface area contributed by atoms with E-state index in [0.29, 0.717) is 48.1 Å². The number of hydrogen-bond donors (Lipinski definition) is 1. The largest absolute Gasteiger partial charge is 0.444 e. The van der Waals surface area contributed by atoms with Crippen molar-refractivity contribution in [2.45, 2.75) is 59.3 Å². The van der Waals surface area contributed by atoms with Gasteiger partial charge in [-0.3, -0.25) is 4.40 Å². The number of aromatic nitrogens is 4. The minimum atomic E-state index is -0.853. The molecule has 0 saturated heterocycles. The topological polar surface area (TPSA) is 93.9 Å². The molecule has 0 aliphatic carbocycles. The number of nitrogens with zero attached hydrogens (tertiary/aromatic N) is 5. The molecular formula is C29H31FN6O3. The Morgan fingerprint density at radius 3 is 2.67 bits per heavy atom. The maximum Gasteiger partial charge on any atom is 0.408 e. The van der Waals surface area contributed by atoms with Crippen molar-refractivity contribution in [3.63, 3.8) is 0 Å². The standard InChI is InChI=1S/C29H31FN6O3/c1-18-33-34-26-31-25(24-21(30)10-8-12-23(24)36(18)26)35-15-16-38-17-20-19(9-7-11-22(20)35)13-14-29(5,6)32-27(37)39-28(2,3)4/h7-12H,15-17H2,1-6H3,(H,32,37). The molecule has 1 aliphatic heterocycles. The highest BCUT2D eigenvalue weighted by molar-refractivity contribution is 5.94. The van der Waals surface area contributed by atoms with Crippen molar-refractivity contribution in [3.8, 4) is 11.8 Å². The minimum absolute atomic E-state index is 0.323. The van der Waals surface area contributed by atoms with E-state index in [-0.39, 0.29) is 5.82 Å². The summed E-state index contributed by atoms with van der Waals surface area (Å²) >= 11 is 0. The molecule has 0 bridgehead atoms. The number of carbonyl (C=O) groups is 1. The fraction of sp³-hybridized carbons (Fsp3) is 0.379. The van der Waals surface area contributed by atoms with Crippen LogP contribution >= 0.6 is 0 Å². The van der Waals surface area contributed by atoms with E-state index >= 15 is 4.39 Å². The van der Waals surface area contributed by atoms with E-state index in [2.05, 4.69) is 27.4 Å². The third-order valence-electron chi connectivity index (χ3n) is 6.20. The monoisotopic (exact) mass is 530 g/mol. The lowest BCUT2D eigenvalue weighted by molar-refractivity contribution is 0.0494. The van der Waals surface area contributed by atoms with Gasteiger partial charge in [-0.25, -0.2) is 9.18 Å². The molecule has 202 valence electrons. The molecule has 5 rings (SSSR count). The number of benzene rings is 2. The van der Waals surface area contributed by atoms with Gasteiger partial charge in [0.05, 0.1) is 29.7 Å². The lowest BCUT2D eigenvalue weighted by Crippen LogP contribution is -2.44. The number of hydrogen-bond acceptors (Lipinski definition) is 7. The second-order valence-corrected chi connectivity index (χ2v) is 11.0.